The fraction of sp³-hybridized carbons (Fsp3) is 0.160. The zero-order valence-corrected chi connectivity index (χ0v) is 18.8. The average Bonchev–Trinajstić information content (AvgIpc) is 3.69. The Kier molecular flexibility index (Phi) is 5.70. The first kappa shape index (κ1) is 22.0. The van der Waals surface area contributed by atoms with Gasteiger partial charge in [0.05, 0.1) is 28.5 Å². The van der Waals surface area contributed by atoms with Gasteiger partial charge < -0.3 is 5.32 Å². The Bertz CT molecular complexity index is 1470. The van der Waals surface area contributed by atoms with Crippen LogP contribution in [0.2, 0.25) is 0 Å². The number of sulfonamides is 1. The molecule has 0 aliphatic heterocycles. The third-order valence-electron chi connectivity index (χ3n) is 5.74. The molecule has 1 aliphatic carbocycles. The minimum absolute atomic E-state index is 0.0256. The number of benzene rings is 2. The van der Waals surface area contributed by atoms with Crippen LogP contribution in [0.5, 0.6) is 0 Å². The zero-order chi connectivity index (χ0) is 23.7. The van der Waals surface area contributed by atoms with Crippen molar-refractivity contribution in [3.63, 3.8) is 0 Å². The molecule has 2 N–H and O–H groups in total. The van der Waals surface area contributed by atoms with Crippen molar-refractivity contribution in [1.82, 2.24) is 15.3 Å². The number of hydrogen-bond acceptors (Lipinski definition) is 5. The summed E-state index contributed by atoms with van der Waals surface area (Å²) >= 11 is 0. The van der Waals surface area contributed by atoms with Crippen LogP contribution >= 0.6 is 0 Å². The molecule has 34 heavy (non-hydrogen) atoms. The molecule has 2 aromatic heterocycles. The molecule has 0 radical (unpaired) electrons. The summed E-state index contributed by atoms with van der Waals surface area (Å²) in [5, 5.41) is 3.58. The van der Waals surface area contributed by atoms with E-state index in [2.05, 4.69) is 20.0 Å². The number of para-hydroxylation sites is 1. The maximum atomic E-state index is 14.1. The van der Waals surface area contributed by atoms with Crippen molar-refractivity contribution in [3.8, 4) is 0 Å². The van der Waals surface area contributed by atoms with Crippen molar-refractivity contribution in [2.45, 2.75) is 23.8 Å². The fourth-order valence-corrected chi connectivity index (χ4v) is 5.19. The molecule has 4 aromatic rings. The number of nitrogens with zero attached hydrogens (tertiary/aromatic N) is 2. The number of aromatic nitrogens is 2. The minimum atomic E-state index is -4.12. The van der Waals surface area contributed by atoms with E-state index in [1.165, 1.54) is 18.3 Å². The normalized spacial score (nSPS) is 14.5. The monoisotopic (exact) mass is 476 g/mol. The number of rotatable bonds is 7. The van der Waals surface area contributed by atoms with E-state index < -0.39 is 21.7 Å². The highest BCUT2D eigenvalue weighted by Gasteiger charge is 2.35. The number of nitrogens with one attached hydrogen (secondary N) is 2. The second-order valence-corrected chi connectivity index (χ2v) is 9.82. The third kappa shape index (κ3) is 4.47. The van der Waals surface area contributed by atoms with Crippen molar-refractivity contribution < 1.29 is 17.6 Å². The van der Waals surface area contributed by atoms with Gasteiger partial charge in [0.1, 0.15) is 10.7 Å². The molecule has 2 aromatic carbocycles. The Balaban J connectivity index is 1.47. The SMILES string of the molecule is O=C(NC(c1ccccn1)C1CC1)c1cc(F)ccc1NS(=O)(=O)c1cccc2cccnc12. The molecule has 1 fully saturated rings. The highest BCUT2D eigenvalue weighted by Crippen LogP contribution is 2.40. The molecule has 0 saturated heterocycles. The van der Waals surface area contributed by atoms with Crippen LogP contribution in [0.15, 0.2) is 84.0 Å². The number of anilines is 1. The molecular formula is C25H21FN4O3S. The topological polar surface area (TPSA) is 101 Å². The van der Waals surface area contributed by atoms with Crippen LogP contribution in [0.3, 0.4) is 0 Å². The first-order valence-electron chi connectivity index (χ1n) is 10.8. The molecule has 172 valence electrons. The standard InChI is InChI=1S/C25H21FN4O3S/c26-18-11-12-20(30-34(32,33)22-8-3-5-16-6-4-14-28-24(16)22)19(15-18)25(31)29-23(17-9-10-17)21-7-1-2-13-27-21/h1-8,11-15,17,23,30H,9-10H2,(H,29,31). The molecular weight excluding hydrogens is 455 g/mol. The van der Waals surface area contributed by atoms with Gasteiger partial charge in [-0.05, 0) is 61.2 Å². The van der Waals surface area contributed by atoms with Gasteiger partial charge in [0.2, 0.25) is 0 Å². The van der Waals surface area contributed by atoms with Gasteiger partial charge in [0.15, 0.2) is 0 Å². The molecule has 0 spiro atoms. The van der Waals surface area contributed by atoms with E-state index in [1.807, 2.05) is 12.1 Å². The van der Waals surface area contributed by atoms with Crippen LogP contribution in [0.1, 0.15) is 34.9 Å². The maximum Gasteiger partial charge on any atom is 0.264 e. The quantitative estimate of drug-likeness (QED) is 0.410. The van der Waals surface area contributed by atoms with Gasteiger partial charge in [-0.25, -0.2) is 12.8 Å². The van der Waals surface area contributed by atoms with Crippen LogP contribution in [0, 0.1) is 11.7 Å². The zero-order valence-electron chi connectivity index (χ0n) is 18.0. The summed E-state index contributed by atoms with van der Waals surface area (Å²) in [4.78, 5) is 21.7. The van der Waals surface area contributed by atoms with E-state index >= 15 is 0 Å². The maximum absolute atomic E-state index is 14.1. The van der Waals surface area contributed by atoms with Gasteiger partial charge in [-0.1, -0.05) is 24.3 Å². The number of hydrogen-bond donors (Lipinski definition) is 2. The Morgan fingerprint density at radius 2 is 1.76 bits per heavy atom. The van der Waals surface area contributed by atoms with Crippen LogP contribution in [0.25, 0.3) is 10.9 Å². The van der Waals surface area contributed by atoms with Crippen LogP contribution in [0.4, 0.5) is 10.1 Å². The summed E-state index contributed by atoms with van der Waals surface area (Å²) in [7, 11) is -4.12. The number of carbonyl (C=O) groups excluding carboxylic acids is 1. The van der Waals surface area contributed by atoms with Crippen LogP contribution in [-0.4, -0.2) is 24.3 Å². The number of carbonyl (C=O) groups is 1. The first-order valence-corrected chi connectivity index (χ1v) is 12.3. The average molecular weight is 477 g/mol. The number of amides is 1. The van der Waals surface area contributed by atoms with Crippen molar-refractivity contribution >= 4 is 32.5 Å². The van der Waals surface area contributed by atoms with Gasteiger partial charge in [-0.15, -0.1) is 0 Å². The highest BCUT2D eigenvalue weighted by atomic mass is 32.2. The van der Waals surface area contributed by atoms with E-state index in [-0.39, 0.29) is 28.1 Å². The number of halogens is 1. The summed E-state index contributed by atoms with van der Waals surface area (Å²) in [6.07, 6.45) is 5.04. The molecule has 1 amide bonds. The predicted molar refractivity (Wildman–Crippen MR) is 126 cm³/mol. The summed E-state index contributed by atoms with van der Waals surface area (Å²) < 4.78 is 43.1. The largest absolute Gasteiger partial charge is 0.343 e. The van der Waals surface area contributed by atoms with E-state index in [0.29, 0.717) is 16.6 Å². The Morgan fingerprint density at radius 3 is 2.53 bits per heavy atom. The summed E-state index contributed by atoms with van der Waals surface area (Å²) in [5.74, 6) is -1.01. The number of fused-ring (bicyclic) bond motifs is 1. The first-order chi connectivity index (χ1) is 16.4. The Hall–Kier alpha value is -3.85. The van der Waals surface area contributed by atoms with E-state index in [0.717, 1.165) is 25.0 Å². The van der Waals surface area contributed by atoms with E-state index in [1.54, 1.807) is 36.5 Å². The van der Waals surface area contributed by atoms with Crippen LogP contribution in [-0.2, 0) is 10.0 Å². The molecule has 2 heterocycles. The molecule has 0 bridgehead atoms. The van der Waals surface area contributed by atoms with Gasteiger partial charge in [0, 0.05) is 17.8 Å². The number of pyridine rings is 2. The van der Waals surface area contributed by atoms with Crippen molar-refractivity contribution in [1.29, 1.82) is 0 Å². The summed E-state index contributed by atoms with van der Waals surface area (Å²) in [6, 6.07) is 16.8. The van der Waals surface area contributed by atoms with E-state index in [9.17, 15) is 17.6 Å². The fourth-order valence-electron chi connectivity index (χ4n) is 3.93. The Labute approximate surface area is 196 Å². The van der Waals surface area contributed by atoms with Crippen LogP contribution < -0.4 is 10.0 Å². The lowest BCUT2D eigenvalue weighted by atomic mass is 10.1. The third-order valence-corrected chi connectivity index (χ3v) is 7.14. The second-order valence-electron chi connectivity index (χ2n) is 8.17. The molecule has 1 aliphatic rings. The minimum Gasteiger partial charge on any atom is -0.343 e. The molecule has 1 saturated carbocycles. The molecule has 1 unspecified atom stereocenters. The lowest BCUT2D eigenvalue weighted by Gasteiger charge is -2.19. The predicted octanol–water partition coefficient (Wildman–Crippen LogP) is 4.45. The van der Waals surface area contributed by atoms with Gasteiger partial charge >= 0.3 is 0 Å². The van der Waals surface area contributed by atoms with Gasteiger partial charge in [-0.2, -0.15) is 0 Å². The Morgan fingerprint density at radius 1 is 0.971 bits per heavy atom. The lowest BCUT2D eigenvalue weighted by molar-refractivity contribution is 0.0931. The van der Waals surface area contributed by atoms with Gasteiger partial charge in [-0.3, -0.25) is 19.5 Å². The second kappa shape index (κ2) is 8.83. The lowest BCUT2D eigenvalue weighted by Crippen LogP contribution is -2.31. The van der Waals surface area contributed by atoms with Gasteiger partial charge in [0.25, 0.3) is 15.9 Å². The van der Waals surface area contributed by atoms with E-state index in [4.69, 9.17) is 0 Å². The summed E-state index contributed by atoms with van der Waals surface area (Å²) in [5.41, 5.74) is 0.869. The smallest absolute Gasteiger partial charge is 0.264 e. The summed E-state index contributed by atoms with van der Waals surface area (Å²) in [6.45, 7) is 0. The van der Waals surface area contributed by atoms with Crippen molar-refractivity contribution in [2.75, 3.05) is 4.72 Å². The molecule has 1 atom stereocenters. The molecule has 5 rings (SSSR count). The molecule has 9 heteroatoms. The van der Waals surface area contributed by atoms with Crippen molar-refractivity contribution in [2.24, 2.45) is 5.92 Å². The highest BCUT2D eigenvalue weighted by molar-refractivity contribution is 7.93. The molecule has 7 nitrogen and oxygen atoms in total. The van der Waals surface area contributed by atoms with Crippen molar-refractivity contribution in [3.05, 3.63) is 96.2 Å².